The van der Waals surface area contributed by atoms with Gasteiger partial charge in [0.05, 0.1) is 11.5 Å². The zero-order chi connectivity index (χ0) is 18.0. The minimum absolute atomic E-state index is 0.150. The summed E-state index contributed by atoms with van der Waals surface area (Å²) in [7, 11) is 1.57. The van der Waals surface area contributed by atoms with Crippen LogP contribution in [0.5, 0.6) is 0 Å². The Morgan fingerprint density at radius 2 is 1.84 bits per heavy atom. The molecule has 1 fully saturated rings. The maximum atomic E-state index is 12.9. The van der Waals surface area contributed by atoms with Gasteiger partial charge in [-0.25, -0.2) is 4.68 Å². The van der Waals surface area contributed by atoms with Gasteiger partial charge in [0, 0.05) is 45.2 Å². The van der Waals surface area contributed by atoms with Crippen LogP contribution in [0.15, 0.2) is 29.1 Å². The predicted molar refractivity (Wildman–Crippen MR) is 95.6 cm³/mol. The first-order chi connectivity index (χ1) is 12.0. The topological polar surface area (TPSA) is 78.7 Å². The molecule has 25 heavy (non-hydrogen) atoms. The molecular formula is C18H24N4O3. The first kappa shape index (κ1) is 17.6. The molecule has 1 unspecified atom stereocenters. The van der Waals surface area contributed by atoms with Gasteiger partial charge in [-0.15, -0.1) is 0 Å². The van der Waals surface area contributed by atoms with Crippen molar-refractivity contribution in [2.24, 2.45) is 7.05 Å². The fourth-order valence-corrected chi connectivity index (χ4v) is 3.17. The Morgan fingerprint density at radius 3 is 2.48 bits per heavy atom. The lowest BCUT2D eigenvalue weighted by Crippen LogP contribution is -2.50. The Labute approximate surface area is 146 Å². The SMILES string of the molecule is CCC(O)CN1CCN(C(=O)c2nn(C)c(=O)c3ccccc23)CC1. The highest BCUT2D eigenvalue weighted by molar-refractivity contribution is 6.04. The Kier molecular flexibility index (Phi) is 5.15. The second-order valence-corrected chi connectivity index (χ2v) is 6.48. The van der Waals surface area contributed by atoms with Crippen molar-refractivity contribution in [3.8, 4) is 0 Å². The lowest BCUT2D eigenvalue weighted by Gasteiger charge is -2.35. The molecule has 1 N–H and O–H groups in total. The quantitative estimate of drug-likeness (QED) is 0.872. The highest BCUT2D eigenvalue weighted by Crippen LogP contribution is 2.16. The van der Waals surface area contributed by atoms with Crippen LogP contribution < -0.4 is 5.56 Å². The van der Waals surface area contributed by atoms with Crippen molar-refractivity contribution in [3.63, 3.8) is 0 Å². The van der Waals surface area contributed by atoms with Crippen molar-refractivity contribution in [2.45, 2.75) is 19.4 Å². The molecule has 0 radical (unpaired) electrons. The number of aryl methyl sites for hydroxylation is 1. The number of aromatic nitrogens is 2. The first-order valence-electron chi connectivity index (χ1n) is 8.67. The molecule has 1 aliphatic rings. The number of β-amino-alcohol motifs (C(OH)–C–C–N with tert-alkyl or cyclic N) is 1. The van der Waals surface area contributed by atoms with Gasteiger partial charge < -0.3 is 10.0 Å². The van der Waals surface area contributed by atoms with Gasteiger partial charge in [0.25, 0.3) is 11.5 Å². The molecule has 2 aromatic rings. The number of hydrogen-bond donors (Lipinski definition) is 1. The highest BCUT2D eigenvalue weighted by atomic mass is 16.3. The first-order valence-corrected chi connectivity index (χ1v) is 8.67. The fraction of sp³-hybridized carbons (Fsp3) is 0.500. The second kappa shape index (κ2) is 7.33. The zero-order valence-corrected chi connectivity index (χ0v) is 14.7. The van der Waals surface area contributed by atoms with E-state index < -0.39 is 0 Å². The third kappa shape index (κ3) is 3.57. The number of piperazine rings is 1. The molecule has 3 rings (SSSR count). The minimum Gasteiger partial charge on any atom is -0.392 e. The predicted octanol–water partition coefficient (Wildman–Crippen LogP) is 0.462. The largest absolute Gasteiger partial charge is 0.392 e. The summed E-state index contributed by atoms with van der Waals surface area (Å²) in [6.07, 6.45) is 0.407. The molecule has 1 atom stereocenters. The molecule has 1 aromatic heterocycles. The van der Waals surface area contributed by atoms with E-state index in [0.29, 0.717) is 36.1 Å². The van der Waals surface area contributed by atoms with Gasteiger partial charge in [0.15, 0.2) is 5.69 Å². The lowest BCUT2D eigenvalue weighted by atomic mass is 10.1. The molecule has 0 aliphatic carbocycles. The Balaban J connectivity index is 1.80. The molecule has 0 saturated carbocycles. The van der Waals surface area contributed by atoms with Gasteiger partial charge >= 0.3 is 0 Å². The number of carbonyl (C=O) groups is 1. The summed E-state index contributed by atoms with van der Waals surface area (Å²) >= 11 is 0. The number of amides is 1. The van der Waals surface area contributed by atoms with Gasteiger partial charge in [0.1, 0.15) is 0 Å². The van der Waals surface area contributed by atoms with Crippen LogP contribution in [-0.2, 0) is 7.05 Å². The lowest BCUT2D eigenvalue weighted by molar-refractivity contribution is 0.0519. The van der Waals surface area contributed by atoms with Crippen molar-refractivity contribution in [3.05, 3.63) is 40.3 Å². The van der Waals surface area contributed by atoms with Crippen molar-refractivity contribution >= 4 is 16.7 Å². The molecule has 7 heteroatoms. The van der Waals surface area contributed by atoms with Crippen LogP contribution in [0.4, 0.5) is 0 Å². The Hall–Kier alpha value is -2.25. The van der Waals surface area contributed by atoms with E-state index in [1.54, 1.807) is 30.1 Å². The van der Waals surface area contributed by atoms with Crippen LogP contribution in [-0.4, -0.2) is 69.4 Å². The van der Waals surface area contributed by atoms with Crippen molar-refractivity contribution in [1.29, 1.82) is 0 Å². The van der Waals surface area contributed by atoms with Crippen molar-refractivity contribution in [1.82, 2.24) is 19.6 Å². The molecule has 7 nitrogen and oxygen atoms in total. The summed E-state index contributed by atoms with van der Waals surface area (Å²) in [5.41, 5.74) is 0.116. The second-order valence-electron chi connectivity index (χ2n) is 6.48. The summed E-state index contributed by atoms with van der Waals surface area (Å²) in [4.78, 5) is 29.1. The van der Waals surface area contributed by atoms with Crippen molar-refractivity contribution in [2.75, 3.05) is 32.7 Å². The number of benzene rings is 1. The third-order valence-electron chi connectivity index (χ3n) is 4.76. The maximum absolute atomic E-state index is 12.9. The number of aliphatic hydroxyl groups excluding tert-OH is 1. The minimum atomic E-state index is -0.323. The normalized spacial score (nSPS) is 17.0. The van der Waals surface area contributed by atoms with Crippen LogP contribution in [0.25, 0.3) is 10.8 Å². The van der Waals surface area contributed by atoms with Crippen LogP contribution >= 0.6 is 0 Å². The monoisotopic (exact) mass is 344 g/mol. The van der Waals surface area contributed by atoms with Gasteiger partial charge in [-0.1, -0.05) is 25.1 Å². The van der Waals surface area contributed by atoms with E-state index in [2.05, 4.69) is 10.00 Å². The Bertz CT molecular complexity index is 825. The van der Waals surface area contributed by atoms with E-state index in [1.807, 2.05) is 13.0 Å². The number of fused-ring (bicyclic) bond motifs is 1. The summed E-state index contributed by atoms with van der Waals surface area (Å²) in [5.74, 6) is -0.150. The van der Waals surface area contributed by atoms with Crippen LogP contribution in [0, 0.1) is 0 Å². The van der Waals surface area contributed by atoms with Gasteiger partial charge in [0.2, 0.25) is 0 Å². The number of hydrogen-bond acceptors (Lipinski definition) is 5. The standard InChI is InChI=1S/C18H24N4O3/c1-3-13(23)12-21-8-10-22(11-9-21)18(25)16-14-6-4-5-7-15(14)17(24)20(2)19-16/h4-7,13,23H,3,8-12H2,1-2H3. The number of nitrogens with zero attached hydrogens (tertiary/aromatic N) is 4. The third-order valence-corrected chi connectivity index (χ3v) is 4.76. The fourth-order valence-electron chi connectivity index (χ4n) is 3.17. The molecule has 0 bridgehead atoms. The smallest absolute Gasteiger partial charge is 0.275 e. The van der Waals surface area contributed by atoms with Crippen LogP contribution in [0.1, 0.15) is 23.8 Å². The molecule has 1 aliphatic heterocycles. The maximum Gasteiger partial charge on any atom is 0.275 e. The summed E-state index contributed by atoms with van der Waals surface area (Å²) in [5, 5.41) is 15.1. The Morgan fingerprint density at radius 1 is 1.20 bits per heavy atom. The zero-order valence-electron chi connectivity index (χ0n) is 14.7. The summed E-state index contributed by atoms with van der Waals surface area (Å²) in [6.45, 7) is 5.24. The van der Waals surface area contributed by atoms with Crippen LogP contribution in [0.3, 0.4) is 0 Å². The summed E-state index contributed by atoms with van der Waals surface area (Å²) in [6, 6.07) is 7.09. The molecule has 2 heterocycles. The molecule has 1 saturated heterocycles. The van der Waals surface area contributed by atoms with E-state index in [1.165, 1.54) is 4.68 Å². The van der Waals surface area contributed by atoms with Gasteiger partial charge in [-0.2, -0.15) is 5.10 Å². The molecular weight excluding hydrogens is 320 g/mol. The van der Waals surface area contributed by atoms with Gasteiger partial charge in [-0.3, -0.25) is 14.5 Å². The molecule has 1 amide bonds. The van der Waals surface area contributed by atoms with E-state index in [9.17, 15) is 14.7 Å². The number of aliphatic hydroxyl groups is 1. The van der Waals surface area contributed by atoms with E-state index in [4.69, 9.17) is 0 Å². The van der Waals surface area contributed by atoms with E-state index >= 15 is 0 Å². The van der Waals surface area contributed by atoms with E-state index in [0.717, 1.165) is 19.5 Å². The van der Waals surface area contributed by atoms with Crippen LogP contribution in [0.2, 0.25) is 0 Å². The average Bonchev–Trinajstić information content (AvgIpc) is 2.64. The molecule has 0 spiro atoms. The van der Waals surface area contributed by atoms with E-state index in [-0.39, 0.29) is 17.6 Å². The number of carbonyl (C=O) groups excluding carboxylic acids is 1. The molecule has 134 valence electrons. The van der Waals surface area contributed by atoms with Gasteiger partial charge in [-0.05, 0) is 12.5 Å². The summed E-state index contributed by atoms with van der Waals surface area (Å²) < 4.78 is 1.23. The average molecular weight is 344 g/mol. The highest BCUT2D eigenvalue weighted by Gasteiger charge is 2.26. The molecule has 1 aromatic carbocycles. The van der Waals surface area contributed by atoms with Crippen molar-refractivity contribution < 1.29 is 9.90 Å². The number of rotatable bonds is 4.